The average Bonchev–Trinajstić information content (AvgIpc) is 2.48. The summed E-state index contributed by atoms with van der Waals surface area (Å²) in [5.74, 6) is 0.0699. The van der Waals surface area contributed by atoms with Gasteiger partial charge in [0.2, 0.25) is 5.91 Å². The highest BCUT2D eigenvalue weighted by Crippen LogP contribution is 2.09. The lowest BCUT2D eigenvalue weighted by molar-refractivity contribution is -0.127. The highest BCUT2D eigenvalue weighted by atomic mass is 16.2. The van der Waals surface area contributed by atoms with Gasteiger partial charge in [0.05, 0.1) is 0 Å². The summed E-state index contributed by atoms with van der Waals surface area (Å²) in [6, 6.07) is -0.0887. The summed E-state index contributed by atoms with van der Waals surface area (Å²) < 4.78 is 0. The summed E-state index contributed by atoms with van der Waals surface area (Å²) in [7, 11) is 0. The third-order valence-corrected chi connectivity index (χ3v) is 2.46. The molecule has 0 bridgehead atoms. The predicted octanol–water partition coefficient (Wildman–Crippen LogP) is 0.705. The molecule has 0 aliphatic carbocycles. The van der Waals surface area contributed by atoms with Crippen molar-refractivity contribution in [1.82, 2.24) is 15.5 Å². The maximum atomic E-state index is 11.6. The Labute approximate surface area is 96.6 Å². The summed E-state index contributed by atoms with van der Waals surface area (Å²) in [6.45, 7) is 8.70. The first-order chi connectivity index (χ1) is 7.28. The van der Waals surface area contributed by atoms with Crippen molar-refractivity contribution in [1.29, 1.82) is 0 Å². The van der Waals surface area contributed by atoms with Crippen LogP contribution in [0.15, 0.2) is 0 Å². The second kappa shape index (κ2) is 4.72. The second-order valence-corrected chi connectivity index (χ2v) is 5.30. The number of amides is 3. The molecule has 0 saturated carbocycles. The minimum Gasteiger partial charge on any atom is -0.341 e. The molecule has 0 aromatic heterocycles. The highest BCUT2D eigenvalue weighted by molar-refractivity contribution is 5.76. The molecule has 5 nitrogen and oxygen atoms in total. The Bertz CT molecular complexity index is 283. The van der Waals surface area contributed by atoms with Crippen LogP contribution >= 0.6 is 0 Å². The third kappa shape index (κ3) is 4.08. The number of likely N-dealkylation sites (tertiary alicyclic amines) is 1. The fourth-order valence-corrected chi connectivity index (χ4v) is 1.73. The molecule has 1 fully saturated rings. The Morgan fingerprint density at radius 3 is 2.38 bits per heavy atom. The largest absolute Gasteiger partial charge is 0.341 e. The fraction of sp³-hybridized carbons (Fsp3) is 0.818. The molecule has 5 heteroatoms. The predicted molar refractivity (Wildman–Crippen MR) is 62.1 cm³/mol. The summed E-state index contributed by atoms with van der Waals surface area (Å²) >= 11 is 0. The van der Waals surface area contributed by atoms with Crippen molar-refractivity contribution in [3.05, 3.63) is 0 Å². The van der Waals surface area contributed by atoms with Crippen LogP contribution in [0, 0.1) is 0 Å². The van der Waals surface area contributed by atoms with Crippen LogP contribution in [0.5, 0.6) is 0 Å². The molecule has 0 unspecified atom stereocenters. The second-order valence-electron chi connectivity index (χ2n) is 5.30. The fourth-order valence-electron chi connectivity index (χ4n) is 1.73. The zero-order valence-electron chi connectivity index (χ0n) is 10.5. The number of rotatable bonds is 1. The zero-order chi connectivity index (χ0) is 12.3. The average molecular weight is 227 g/mol. The Kier molecular flexibility index (Phi) is 3.78. The maximum absolute atomic E-state index is 11.6. The van der Waals surface area contributed by atoms with Crippen LogP contribution in [-0.4, -0.2) is 41.5 Å². The number of nitrogens with zero attached hydrogens (tertiary/aromatic N) is 1. The van der Waals surface area contributed by atoms with Crippen molar-refractivity contribution in [2.24, 2.45) is 0 Å². The van der Waals surface area contributed by atoms with Gasteiger partial charge in [0.1, 0.15) is 0 Å². The number of carbonyl (C=O) groups excluding carboxylic acids is 2. The van der Waals surface area contributed by atoms with Crippen LogP contribution in [0.3, 0.4) is 0 Å². The standard InChI is InChI=1S/C11H21N3O2/c1-8(15)14-6-5-9(7-14)12-10(16)13-11(2,3)4/h9H,5-7H2,1-4H3,(H2,12,13,16)/t9-/m1/s1. The van der Waals surface area contributed by atoms with E-state index in [1.54, 1.807) is 11.8 Å². The molecule has 0 aromatic carbocycles. The number of hydrogen-bond donors (Lipinski definition) is 2. The molecular weight excluding hydrogens is 206 g/mol. The molecule has 1 heterocycles. The van der Waals surface area contributed by atoms with Crippen molar-refractivity contribution < 1.29 is 9.59 Å². The molecule has 2 N–H and O–H groups in total. The molecule has 1 atom stereocenters. The molecule has 1 aliphatic rings. The lowest BCUT2D eigenvalue weighted by Crippen LogP contribution is -2.50. The quantitative estimate of drug-likeness (QED) is 0.693. The normalized spacial score (nSPS) is 20.8. The number of hydrogen-bond acceptors (Lipinski definition) is 2. The molecule has 1 aliphatic heterocycles. The van der Waals surface area contributed by atoms with E-state index in [0.29, 0.717) is 6.54 Å². The topological polar surface area (TPSA) is 61.4 Å². The molecule has 0 radical (unpaired) electrons. The van der Waals surface area contributed by atoms with Gasteiger partial charge in [0.25, 0.3) is 0 Å². The zero-order valence-corrected chi connectivity index (χ0v) is 10.5. The molecule has 16 heavy (non-hydrogen) atoms. The molecule has 0 aromatic rings. The molecule has 1 rings (SSSR count). The Morgan fingerprint density at radius 1 is 1.31 bits per heavy atom. The SMILES string of the molecule is CC(=O)N1CC[C@@H](NC(=O)NC(C)(C)C)C1. The molecule has 0 spiro atoms. The minimum atomic E-state index is -0.233. The van der Waals surface area contributed by atoms with Crippen LogP contribution < -0.4 is 10.6 Å². The third-order valence-electron chi connectivity index (χ3n) is 2.46. The molecule has 3 amide bonds. The van der Waals surface area contributed by atoms with E-state index in [1.165, 1.54) is 0 Å². The molecule has 92 valence electrons. The van der Waals surface area contributed by atoms with Crippen molar-refractivity contribution in [3.63, 3.8) is 0 Å². The van der Waals surface area contributed by atoms with E-state index in [-0.39, 0.29) is 23.5 Å². The number of carbonyl (C=O) groups is 2. The van der Waals surface area contributed by atoms with Crippen molar-refractivity contribution in [3.8, 4) is 0 Å². The van der Waals surface area contributed by atoms with Gasteiger partial charge in [-0.3, -0.25) is 4.79 Å². The van der Waals surface area contributed by atoms with E-state index in [1.807, 2.05) is 20.8 Å². The van der Waals surface area contributed by atoms with Crippen LogP contribution in [0.25, 0.3) is 0 Å². The van der Waals surface area contributed by atoms with Crippen LogP contribution in [0.4, 0.5) is 4.79 Å². The molecule has 1 saturated heterocycles. The smallest absolute Gasteiger partial charge is 0.315 e. The van der Waals surface area contributed by atoms with E-state index in [0.717, 1.165) is 13.0 Å². The summed E-state index contributed by atoms with van der Waals surface area (Å²) in [4.78, 5) is 24.4. The van der Waals surface area contributed by atoms with Gasteiger partial charge in [-0.2, -0.15) is 0 Å². The van der Waals surface area contributed by atoms with Crippen molar-refractivity contribution in [2.75, 3.05) is 13.1 Å². The lowest BCUT2D eigenvalue weighted by Gasteiger charge is -2.22. The first-order valence-electron chi connectivity index (χ1n) is 5.62. The van der Waals surface area contributed by atoms with Gasteiger partial charge in [-0.1, -0.05) is 0 Å². The highest BCUT2D eigenvalue weighted by Gasteiger charge is 2.26. The van der Waals surface area contributed by atoms with Gasteiger partial charge in [-0.05, 0) is 27.2 Å². The van der Waals surface area contributed by atoms with Gasteiger partial charge in [-0.25, -0.2) is 4.79 Å². The van der Waals surface area contributed by atoms with Gasteiger partial charge in [0.15, 0.2) is 0 Å². The minimum absolute atomic E-state index is 0.0699. The van der Waals surface area contributed by atoms with Gasteiger partial charge < -0.3 is 15.5 Å². The van der Waals surface area contributed by atoms with E-state index in [9.17, 15) is 9.59 Å². The lowest BCUT2D eigenvalue weighted by atomic mass is 10.1. The van der Waals surface area contributed by atoms with E-state index < -0.39 is 0 Å². The van der Waals surface area contributed by atoms with Gasteiger partial charge >= 0.3 is 6.03 Å². The summed E-state index contributed by atoms with van der Waals surface area (Å²) in [6.07, 6.45) is 0.830. The van der Waals surface area contributed by atoms with Gasteiger partial charge in [-0.15, -0.1) is 0 Å². The molecular formula is C11H21N3O2. The summed E-state index contributed by atoms with van der Waals surface area (Å²) in [5, 5.41) is 5.71. The van der Waals surface area contributed by atoms with Crippen LogP contribution in [0.1, 0.15) is 34.1 Å². The first kappa shape index (κ1) is 12.8. The Morgan fingerprint density at radius 2 is 1.94 bits per heavy atom. The Hall–Kier alpha value is -1.26. The van der Waals surface area contributed by atoms with E-state index >= 15 is 0 Å². The van der Waals surface area contributed by atoms with Crippen LogP contribution in [-0.2, 0) is 4.79 Å². The Balaban J connectivity index is 2.34. The van der Waals surface area contributed by atoms with E-state index in [4.69, 9.17) is 0 Å². The number of nitrogens with one attached hydrogen (secondary N) is 2. The van der Waals surface area contributed by atoms with Crippen molar-refractivity contribution in [2.45, 2.75) is 45.7 Å². The monoisotopic (exact) mass is 227 g/mol. The first-order valence-corrected chi connectivity index (χ1v) is 5.62. The van der Waals surface area contributed by atoms with Crippen LogP contribution in [0.2, 0.25) is 0 Å². The van der Waals surface area contributed by atoms with Gasteiger partial charge in [0, 0.05) is 31.6 Å². The maximum Gasteiger partial charge on any atom is 0.315 e. The number of urea groups is 1. The van der Waals surface area contributed by atoms with Crippen molar-refractivity contribution >= 4 is 11.9 Å². The van der Waals surface area contributed by atoms with E-state index in [2.05, 4.69) is 10.6 Å². The summed E-state index contributed by atoms with van der Waals surface area (Å²) in [5.41, 5.74) is -0.233.